The number of esters is 3. The first kappa shape index (κ1) is 62.4. The molecule has 0 radical (unpaired) electrons. The zero-order valence-corrected chi connectivity index (χ0v) is 43.3. The Hall–Kier alpha value is -2.63. The van der Waals surface area contributed by atoms with Crippen molar-refractivity contribution in [2.75, 3.05) is 13.2 Å². The van der Waals surface area contributed by atoms with Crippen molar-refractivity contribution in [2.24, 2.45) is 0 Å². The van der Waals surface area contributed by atoms with Gasteiger partial charge in [0.2, 0.25) is 0 Å². The zero-order chi connectivity index (χ0) is 47.2. The van der Waals surface area contributed by atoms with Crippen molar-refractivity contribution in [2.45, 2.75) is 297 Å². The molecule has 0 N–H and O–H groups in total. The lowest BCUT2D eigenvalue weighted by molar-refractivity contribution is -0.167. The van der Waals surface area contributed by atoms with Crippen LogP contribution in [0.15, 0.2) is 48.6 Å². The Labute approximate surface area is 403 Å². The Bertz CT molecular complexity index is 1140. The number of hydrogen-bond donors (Lipinski definition) is 0. The van der Waals surface area contributed by atoms with Gasteiger partial charge < -0.3 is 14.2 Å². The normalized spacial score (nSPS) is 12.4. The predicted octanol–water partition coefficient (Wildman–Crippen LogP) is 18.7. The minimum Gasteiger partial charge on any atom is -0.462 e. The second-order valence-corrected chi connectivity index (χ2v) is 18.8. The summed E-state index contributed by atoms with van der Waals surface area (Å²) in [4.78, 5) is 38.1. The van der Waals surface area contributed by atoms with Gasteiger partial charge in [0.25, 0.3) is 0 Å². The summed E-state index contributed by atoms with van der Waals surface area (Å²) in [6, 6.07) is 0. The molecule has 0 aliphatic rings. The van der Waals surface area contributed by atoms with Gasteiger partial charge in [0.1, 0.15) is 13.2 Å². The van der Waals surface area contributed by atoms with Crippen molar-refractivity contribution in [3.05, 3.63) is 48.6 Å². The van der Waals surface area contributed by atoms with Crippen molar-refractivity contribution in [1.82, 2.24) is 0 Å². The van der Waals surface area contributed by atoms with E-state index in [0.29, 0.717) is 19.3 Å². The number of unbranched alkanes of at least 4 members (excludes halogenated alkanes) is 32. The summed E-state index contributed by atoms with van der Waals surface area (Å²) in [7, 11) is 0. The number of carbonyl (C=O) groups is 3. The topological polar surface area (TPSA) is 78.9 Å². The van der Waals surface area contributed by atoms with Crippen LogP contribution in [-0.4, -0.2) is 37.2 Å². The van der Waals surface area contributed by atoms with Crippen LogP contribution in [0.2, 0.25) is 0 Å². The second-order valence-electron chi connectivity index (χ2n) is 18.8. The van der Waals surface area contributed by atoms with Gasteiger partial charge in [-0.1, -0.05) is 236 Å². The van der Waals surface area contributed by atoms with Crippen LogP contribution in [0.3, 0.4) is 0 Å². The maximum absolute atomic E-state index is 12.8. The lowest BCUT2D eigenvalue weighted by atomic mass is 10.0. The zero-order valence-electron chi connectivity index (χ0n) is 43.3. The summed E-state index contributed by atoms with van der Waals surface area (Å²) in [6.07, 6.45) is 65.2. The van der Waals surface area contributed by atoms with Gasteiger partial charge in [-0.3, -0.25) is 14.4 Å². The van der Waals surface area contributed by atoms with Crippen molar-refractivity contribution in [3.63, 3.8) is 0 Å². The highest BCUT2D eigenvalue weighted by Gasteiger charge is 2.19. The molecule has 0 saturated carbocycles. The van der Waals surface area contributed by atoms with Gasteiger partial charge in [-0.05, 0) is 83.5 Å². The molecule has 0 heterocycles. The molecule has 0 aliphatic heterocycles. The number of rotatable bonds is 51. The molecule has 0 amide bonds. The van der Waals surface area contributed by atoms with E-state index in [-0.39, 0.29) is 31.1 Å². The average Bonchev–Trinajstić information content (AvgIpc) is 3.30. The van der Waals surface area contributed by atoms with Gasteiger partial charge in [-0.15, -0.1) is 0 Å². The molecule has 0 spiro atoms. The van der Waals surface area contributed by atoms with Crippen LogP contribution in [0, 0.1) is 0 Å². The van der Waals surface area contributed by atoms with Crippen molar-refractivity contribution < 1.29 is 28.6 Å². The molecule has 0 fully saturated rings. The molecular weight excluding hydrogens is 805 g/mol. The Balaban J connectivity index is 4.36. The van der Waals surface area contributed by atoms with Crippen LogP contribution in [0.25, 0.3) is 0 Å². The van der Waals surface area contributed by atoms with E-state index in [4.69, 9.17) is 14.2 Å². The SMILES string of the molecule is CCCCC/C=C\C/C=C\CCCCCCCCCCCC(=O)OCC(COC(=O)CCCCCCCCCCCCCC)OC(=O)CCCCCCC/C=C\C/C=C\CCCCCC. The quantitative estimate of drug-likeness (QED) is 0.0262. The van der Waals surface area contributed by atoms with E-state index in [2.05, 4.69) is 69.4 Å². The highest BCUT2D eigenvalue weighted by atomic mass is 16.6. The summed E-state index contributed by atoms with van der Waals surface area (Å²) in [5.74, 6) is -0.884. The summed E-state index contributed by atoms with van der Waals surface area (Å²) in [5.41, 5.74) is 0. The van der Waals surface area contributed by atoms with E-state index >= 15 is 0 Å². The summed E-state index contributed by atoms with van der Waals surface area (Å²) >= 11 is 0. The van der Waals surface area contributed by atoms with Crippen LogP contribution >= 0.6 is 0 Å². The van der Waals surface area contributed by atoms with Gasteiger partial charge in [0.05, 0.1) is 0 Å². The van der Waals surface area contributed by atoms with Crippen LogP contribution in [0.1, 0.15) is 290 Å². The molecule has 1 atom stereocenters. The fraction of sp³-hybridized carbons (Fsp3) is 0.814. The lowest BCUT2D eigenvalue weighted by Gasteiger charge is -2.18. The molecule has 6 heteroatoms. The van der Waals surface area contributed by atoms with Crippen LogP contribution in [-0.2, 0) is 28.6 Å². The van der Waals surface area contributed by atoms with E-state index < -0.39 is 6.10 Å². The molecule has 0 aromatic heterocycles. The maximum Gasteiger partial charge on any atom is 0.306 e. The fourth-order valence-corrected chi connectivity index (χ4v) is 8.03. The molecule has 0 aromatic rings. The lowest BCUT2D eigenvalue weighted by Crippen LogP contribution is -2.30. The Morgan fingerprint density at radius 1 is 0.308 bits per heavy atom. The van der Waals surface area contributed by atoms with Crippen LogP contribution in [0.5, 0.6) is 0 Å². The highest BCUT2D eigenvalue weighted by Crippen LogP contribution is 2.15. The molecule has 1 unspecified atom stereocenters. The summed E-state index contributed by atoms with van der Waals surface area (Å²) < 4.78 is 16.8. The third kappa shape index (κ3) is 52.2. The maximum atomic E-state index is 12.8. The van der Waals surface area contributed by atoms with Crippen molar-refractivity contribution in [1.29, 1.82) is 0 Å². The van der Waals surface area contributed by atoms with Gasteiger partial charge in [0.15, 0.2) is 6.10 Å². The minimum absolute atomic E-state index is 0.0775. The van der Waals surface area contributed by atoms with E-state index in [1.165, 1.54) is 161 Å². The molecular formula is C59H106O6. The van der Waals surface area contributed by atoms with Crippen molar-refractivity contribution >= 4 is 17.9 Å². The Morgan fingerprint density at radius 3 is 0.892 bits per heavy atom. The molecule has 0 aromatic carbocycles. The smallest absolute Gasteiger partial charge is 0.306 e. The average molecular weight is 911 g/mol. The number of ether oxygens (including phenoxy) is 3. The molecule has 6 nitrogen and oxygen atoms in total. The molecule has 0 saturated heterocycles. The monoisotopic (exact) mass is 911 g/mol. The second kappa shape index (κ2) is 54.0. The van der Waals surface area contributed by atoms with E-state index in [9.17, 15) is 14.4 Å². The first-order valence-electron chi connectivity index (χ1n) is 28.1. The van der Waals surface area contributed by atoms with E-state index in [1.807, 2.05) is 0 Å². The summed E-state index contributed by atoms with van der Waals surface area (Å²) in [5, 5.41) is 0. The number of carbonyl (C=O) groups excluding carboxylic acids is 3. The van der Waals surface area contributed by atoms with E-state index in [0.717, 1.165) is 89.9 Å². The van der Waals surface area contributed by atoms with Crippen LogP contribution < -0.4 is 0 Å². The standard InChI is InChI=1S/C59H106O6/c1-4-7-10-13-16-19-22-25-27-29-30-31-33-34-37-40-43-46-49-52-58(61)64-55-56(54-63-57(60)51-48-45-42-39-36-24-21-18-15-12-9-6-3)65-59(62)53-50-47-44-41-38-35-32-28-26-23-20-17-14-11-8-5-2/h16,19-20,23,25,27-28,32,56H,4-15,17-18,21-22,24,26,29-31,33-55H2,1-3H3/b19-16-,23-20-,27-25-,32-28-. The predicted molar refractivity (Wildman–Crippen MR) is 279 cm³/mol. The minimum atomic E-state index is -0.779. The number of hydrogen-bond acceptors (Lipinski definition) is 6. The summed E-state index contributed by atoms with van der Waals surface area (Å²) in [6.45, 7) is 6.60. The molecule has 0 bridgehead atoms. The Morgan fingerprint density at radius 2 is 0.554 bits per heavy atom. The number of allylic oxidation sites excluding steroid dienone is 8. The Kier molecular flexibility index (Phi) is 51.8. The fourth-order valence-electron chi connectivity index (χ4n) is 8.03. The molecule has 0 rings (SSSR count). The van der Waals surface area contributed by atoms with Crippen molar-refractivity contribution in [3.8, 4) is 0 Å². The first-order chi connectivity index (χ1) is 32.0. The molecule has 378 valence electrons. The van der Waals surface area contributed by atoms with Crippen LogP contribution in [0.4, 0.5) is 0 Å². The van der Waals surface area contributed by atoms with Gasteiger partial charge in [-0.2, -0.15) is 0 Å². The molecule has 65 heavy (non-hydrogen) atoms. The van der Waals surface area contributed by atoms with Gasteiger partial charge in [-0.25, -0.2) is 0 Å². The first-order valence-corrected chi connectivity index (χ1v) is 28.1. The highest BCUT2D eigenvalue weighted by molar-refractivity contribution is 5.71. The third-order valence-corrected chi connectivity index (χ3v) is 12.3. The molecule has 0 aliphatic carbocycles. The van der Waals surface area contributed by atoms with Gasteiger partial charge in [0, 0.05) is 19.3 Å². The third-order valence-electron chi connectivity index (χ3n) is 12.3. The van der Waals surface area contributed by atoms with Gasteiger partial charge >= 0.3 is 17.9 Å². The van der Waals surface area contributed by atoms with E-state index in [1.54, 1.807) is 0 Å². The largest absolute Gasteiger partial charge is 0.462 e.